The number of nitrogens with zero attached hydrogens (tertiary/aromatic N) is 3. The highest BCUT2D eigenvalue weighted by Crippen LogP contribution is 2.48. The number of hydrogen-bond acceptors (Lipinski definition) is 11. The molecule has 2 aliphatic carbocycles. The fourth-order valence-electron chi connectivity index (χ4n) is 5.98. The van der Waals surface area contributed by atoms with Gasteiger partial charge in [-0.2, -0.15) is 28.1 Å². The van der Waals surface area contributed by atoms with E-state index in [-0.39, 0.29) is 29.4 Å². The molecule has 0 unspecified atom stereocenters. The van der Waals surface area contributed by atoms with Crippen molar-refractivity contribution < 1.29 is 41.8 Å². The predicted molar refractivity (Wildman–Crippen MR) is 188 cm³/mol. The molecule has 1 aromatic heterocycles. The number of hydrogen-bond donors (Lipinski definition) is 5. The lowest BCUT2D eigenvalue weighted by Gasteiger charge is -2.28. The van der Waals surface area contributed by atoms with Crippen molar-refractivity contribution >= 4 is 52.9 Å². The molecular formula is C35H40ClF3N8O6. The van der Waals surface area contributed by atoms with Gasteiger partial charge in [0.2, 0.25) is 11.9 Å². The molecule has 2 aliphatic rings. The van der Waals surface area contributed by atoms with Gasteiger partial charge in [0.15, 0.2) is 6.61 Å². The SMILES string of the molecule is COC(=O)[C@H](CNC(=O)C(=O)N[C@H](C)C1CCCCC1)NC(=O)c1ccc(Nc2nc(NC3(c4ccc(Cl)cc4)CC3)nc(OCC(F)(F)F)n2)cc1. The summed E-state index contributed by atoms with van der Waals surface area (Å²) in [5.41, 5.74) is 0.805. The van der Waals surface area contributed by atoms with Gasteiger partial charge in [-0.15, -0.1) is 0 Å². The second-order valence-corrected chi connectivity index (χ2v) is 13.4. The van der Waals surface area contributed by atoms with Crippen LogP contribution in [-0.4, -0.2) is 77.2 Å². The number of methoxy groups -OCH3 is 1. The first-order chi connectivity index (χ1) is 25.2. The van der Waals surface area contributed by atoms with Gasteiger partial charge in [0.1, 0.15) is 6.04 Å². The third kappa shape index (κ3) is 11.2. The summed E-state index contributed by atoms with van der Waals surface area (Å²) in [6, 6.07) is 10.8. The molecule has 14 nitrogen and oxygen atoms in total. The van der Waals surface area contributed by atoms with E-state index < -0.39 is 60.6 Å². The van der Waals surface area contributed by atoms with Crippen molar-refractivity contribution in [3.05, 3.63) is 64.7 Å². The first kappa shape index (κ1) is 39.0. The smallest absolute Gasteiger partial charge is 0.422 e. The largest absolute Gasteiger partial charge is 0.467 e. The lowest BCUT2D eigenvalue weighted by Crippen LogP contribution is -2.52. The molecule has 2 atom stereocenters. The van der Waals surface area contributed by atoms with Crippen LogP contribution in [0.4, 0.5) is 30.8 Å². The molecule has 2 saturated carbocycles. The van der Waals surface area contributed by atoms with E-state index >= 15 is 0 Å². The van der Waals surface area contributed by atoms with Crippen molar-refractivity contribution in [2.45, 2.75) is 75.7 Å². The zero-order valence-corrected chi connectivity index (χ0v) is 29.8. The molecule has 2 aromatic carbocycles. The molecule has 0 bridgehead atoms. The number of amides is 3. The van der Waals surface area contributed by atoms with E-state index in [1.165, 1.54) is 24.3 Å². The van der Waals surface area contributed by atoms with Crippen LogP contribution in [0, 0.1) is 5.92 Å². The van der Waals surface area contributed by atoms with Crippen LogP contribution in [0.15, 0.2) is 48.5 Å². The van der Waals surface area contributed by atoms with Crippen LogP contribution < -0.4 is 31.3 Å². The maximum Gasteiger partial charge on any atom is 0.422 e. The number of aromatic nitrogens is 3. The Balaban J connectivity index is 1.21. The molecule has 0 aliphatic heterocycles. The third-order valence-electron chi connectivity index (χ3n) is 9.06. The highest BCUT2D eigenvalue weighted by Gasteiger charge is 2.45. The number of alkyl halides is 3. The van der Waals surface area contributed by atoms with Crippen LogP contribution in [0.25, 0.3) is 0 Å². The summed E-state index contributed by atoms with van der Waals surface area (Å²) in [7, 11) is 1.12. The zero-order valence-electron chi connectivity index (χ0n) is 29.0. The summed E-state index contributed by atoms with van der Waals surface area (Å²) in [6.45, 7) is -0.170. The van der Waals surface area contributed by atoms with Gasteiger partial charge in [-0.1, -0.05) is 43.0 Å². The molecular weight excluding hydrogens is 721 g/mol. The van der Waals surface area contributed by atoms with Crippen LogP contribution in [0.1, 0.15) is 67.8 Å². The molecule has 3 aromatic rings. The van der Waals surface area contributed by atoms with Gasteiger partial charge in [-0.25, -0.2) is 4.79 Å². The van der Waals surface area contributed by atoms with E-state index in [1.54, 1.807) is 12.1 Å². The maximum atomic E-state index is 13.1. The Morgan fingerprint density at radius 2 is 1.57 bits per heavy atom. The van der Waals surface area contributed by atoms with Gasteiger partial charge in [0.05, 0.1) is 12.6 Å². The third-order valence-corrected chi connectivity index (χ3v) is 9.31. The van der Waals surface area contributed by atoms with Gasteiger partial charge >= 0.3 is 30.0 Å². The number of halogens is 4. The van der Waals surface area contributed by atoms with Crippen LogP contribution in [0.5, 0.6) is 6.01 Å². The van der Waals surface area contributed by atoms with Crippen molar-refractivity contribution in [3.8, 4) is 6.01 Å². The zero-order chi connectivity index (χ0) is 38.2. The summed E-state index contributed by atoms with van der Waals surface area (Å²) in [5, 5.41) is 14.2. The molecule has 3 amide bonds. The molecule has 5 N–H and O–H groups in total. The van der Waals surface area contributed by atoms with Crippen LogP contribution >= 0.6 is 11.6 Å². The molecule has 0 spiro atoms. The number of nitrogens with one attached hydrogen (secondary N) is 5. The van der Waals surface area contributed by atoms with E-state index in [9.17, 15) is 32.3 Å². The summed E-state index contributed by atoms with van der Waals surface area (Å²) >= 11 is 6.03. The minimum absolute atomic E-state index is 0.0275. The average Bonchev–Trinajstić information content (AvgIpc) is 3.92. The Labute approximate surface area is 308 Å². The second-order valence-electron chi connectivity index (χ2n) is 13.0. The molecule has 0 saturated heterocycles. The molecule has 0 radical (unpaired) electrons. The normalized spacial score (nSPS) is 16.3. The van der Waals surface area contributed by atoms with E-state index in [0.29, 0.717) is 23.6 Å². The Bertz CT molecular complexity index is 1770. The quantitative estimate of drug-likeness (QED) is 0.113. The Morgan fingerprint density at radius 1 is 0.906 bits per heavy atom. The standard InChI is InChI=1S/C35H40ClF3N8O6/c1-20(21-6-4-3-5-7-21)41-29(50)28(49)40-18-26(30(51)52-2)43-27(48)22-8-14-25(15-9-22)42-31-44-32(46-33(45-31)53-19-35(37,38)39)47-34(16-17-34)23-10-12-24(36)13-11-23/h8-15,20-21,26H,3-7,16-19H2,1-2H3,(H,40,49)(H,41,50)(H,43,48)(H2,42,44,45,46,47)/t20-,26+/m1/s1. The fourth-order valence-corrected chi connectivity index (χ4v) is 6.11. The summed E-state index contributed by atoms with van der Waals surface area (Å²) in [6.07, 6.45) is 2.04. The number of carbonyl (C=O) groups is 4. The number of benzene rings is 2. The number of ether oxygens (including phenoxy) is 2. The molecule has 53 heavy (non-hydrogen) atoms. The molecule has 5 rings (SSSR count). The summed E-state index contributed by atoms with van der Waals surface area (Å²) in [4.78, 5) is 62.9. The Hall–Kier alpha value is -5.19. The van der Waals surface area contributed by atoms with Crippen molar-refractivity contribution in [2.75, 3.05) is 30.9 Å². The van der Waals surface area contributed by atoms with Crippen molar-refractivity contribution in [2.24, 2.45) is 5.92 Å². The second kappa shape index (κ2) is 17.1. The maximum absolute atomic E-state index is 13.1. The van der Waals surface area contributed by atoms with Crippen molar-refractivity contribution in [1.29, 1.82) is 0 Å². The topological polar surface area (TPSA) is 186 Å². The van der Waals surface area contributed by atoms with E-state index in [4.69, 9.17) is 21.1 Å². The first-order valence-electron chi connectivity index (χ1n) is 17.1. The van der Waals surface area contributed by atoms with E-state index in [0.717, 1.165) is 44.8 Å². The number of anilines is 3. The number of esters is 1. The molecule has 2 fully saturated rings. The Morgan fingerprint density at radius 3 is 2.19 bits per heavy atom. The van der Waals surface area contributed by atoms with Gasteiger partial charge in [0.25, 0.3) is 5.91 Å². The average molecular weight is 761 g/mol. The van der Waals surface area contributed by atoms with Gasteiger partial charge < -0.3 is 36.1 Å². The van der Waals surface area contributed by atoms with Crippen LogP contribution in [0.3, 0.4) is 0 Å². The molecule has 1 heterocycles. The number of rotatable bonds is 14. The monoisotopic (exact) mass is 760 g/mol. The minimum atomic E-state index is -4.63. The minimum Gasteiger partial charge on any atom is -0.467 e. The van der Waals surface area contributed by atoms with E-state index in [2.05, 4.69) is 41.5 Å². The van der Waals surface area contributed by atoms with Gasteiger partial charge in [-0.3, -0.25) is 14.4 Å². The molecule has 18 heteroatoms. The van der Waals surface area contributed by atoms with Crippen molar-refractivity contribution in [3.63, 3.8) is 0 Å². The molecule has 284 valence electrons. The summed E-state index contributed by atoms with van der Waals surface area (Å²) < 4.78 is 48.5. The lowest BCUT2D eigenvalue weighted by molar-refractivity contribution is -0.154. The van der Waals surface area contributed by atoms with E-state index in [1.807, 2.05) is 19.1 Å². The number of carbonyl (C=O) groups excluding carboxylic acids is 4. The highest BCUT2D eigenvalue weighted by molar-refractivity contribution is 6.35. The summed E-state index contributed by atoms with van der Waals surface area (Å²) in [5.74, 6) is -3.21. The highest BCUT2D eigenvalue weighted by atomic mass is 35.5. The van der Waals surface area contributed by atoms with Crippen LogP contribution in [0.2, 0.25) is 5.02 Å². The van der Waals surface area contributed by atoms with Crippen molar-refractivity contribution in [1.82, 2.24) is 30.9 Å². The Kier molecular flexibility index (Phi) is 12.6. The predicted octanol–water partition coefficient (Wildman–Crippen LogP) is 4.78. The van der Waals surface area contributed by atoms with Crippen LogP contribution in [-0.2, 0) is 24.7 Å². The lowest BCUT2D eigenvalue weighted by atomic mass is 9.84. The van der Waals surface area contributed by atoms with Gasteiger partial charge in [0, 0.05) is 28.9 Å². The van der Waals surface area contributed by atoms with Gasteiger partial charge in [-0.05, 0) is 80.5 Å². The first-order valence-corrected chi connectivity index (χ1v) is 17.5. The fraction of sp³-hybridized carbons (Fsp3) is 0.457.